The highest BCUT2D eigenvalue weighted by Gasteiger charge is 2.12. The van der Waals surface area contributed by atoms with E-state index >= 15 is 0 Å². The van der Waals surface area contributed by atoms with Crippen molar-refractivity contribution in [1.82, 2.24) is 0 Å². The van der Waals surface area contributed by atoms with E-state index < -0.39 is 0 Å². The van der Waals surface area contributed by atoms with Gasteiger partial charge >= 0.3 is 0 Å². The molecule has 0 unspecified atom stereocenters. The summed E-state index contributed by atoms with van der Waals surface area (Å²) < 4.78 is 5.27. The molecule has 0 N–H and O–H groups in total. The van der Waals surface area contributed by atoms with E-state index in [1.54, 1.807) is 0 Å². The summed E-state index contributed by atoms with van der Waals surface area (Å²) in [5.41, 5.74) is 0. The predicted octanol–water partition coefficient (Wildman–Crippen LogP) is 1.86. The lowest BCUT2D eigenvalue weighted by atomic mass is 9.98. The summed E-state index contributed by atoms with van der Waals surface area (Å²) in [6.45, 7) is 0.269. The lowest BCUT2D eigenvalue weighted by Crippen LogP contribution is -2.16. The van der Waals surface area contributed by atoms with Gasteiger partial charge in [-0.1, -0.05) is 19.3 Å². The minimum atomic E-state index is 0.269. The van der Waals surface area contributed by atoms with Gasteiger partial charge in [-0.25, -0.2) is 0 Å². The molecule has 0 heterocycles. The molecule has 0 atom stereocenters. The second-order valence-electron chi connectivity index (χ2n) is 2.73. The fraction of sp³-hybridized carbons (Fsp3) is 0.875. The van der Waals surface area contributed by atoms with Gasteiger partial charge in [0.05, 0.1) is 12.2 Å². The zero-order valence-electron chi connectivity index (χ0n) is 6.18. The Labute approximate surface area is 61.8 Å². The highest BCUT2D eigenvalue weighted by Crippen LogP contribution is 2.19. The van der Waals surface area contributed by atoms with Crippen molar-refractivity contribution in [3.63, 3.8) is 0 Å². The number of nitriles is 1. The maximum Gasteiger partial charge on any atom is 0.134 e. The Kier molecular flexibility index (Phi) is 3.25. The molecule has 0 spiro atoms. The van der Waals surface area contributed by atoms with E-state index in [1.165, 1.54) is 19.3 Å². The molecule has 2 heteroatoms. The third-order valence-electron chi connectivity index (χ3n) is 1.94. The summed E-state index contributed by atoms with van der Waals surface area (Å²) in [5, 5.41) is 8.22. The van der Waals surface area contributed by atoms with Crippen LogP contribution in [0, 0.1) is 11.3 Å². The maximum absolute atomic E-state index is 8.22. The minimum absolute atomic E-state index is 0.269. The Hall–Kier alpha value is -0.550. The highest BCUT2D eigenvalue weighted by atomic mass is 16.5. The van der Waals surface area contributed by atoms with Crippen LogP contribution in [0.4, 0.5) is 0 Å². The van der Waals surface area contributed by atoms with E-state index in [0.29, 0.717) is 6.10 Å². The Morgan fingerprint density at radius 1 is 1.30 bits per heavy atom. The normalized spacial score (nSPS) is 20.3. The monoisotopic (exact) mass is 139 g/mol. The van der Waals surface area contributed by atoms with E-state index in [-0.39, 0.29) is 6.61 Å². The summed E-state index contributed by atoms with van der Waals surface area (Å²) >= 11 is 0. The number of hydrogen-bond donors (Lipinski definition) is 0. The first kappa shape index (κ1) is 7.56. The summed E-state index contributed by atoms with van der Waals surface area (Å²) in [4.78, 5) is 0. The van der Waals surface area contributed by atoms with E-state index in [9.17, 15) is 0 Å². The van der Waals surface area contributed by atoms with Crippen molar-refractivity contribution >= 4 is 0 Å². The van der Waals surface area contributed by atoms with Crippen LogP contribution in [0.5, 0.6) is 0 Å². The molecule has 0 aromatic rings. The quantitative estimate of drug-likeness (QED) is 0.585. The summed E-state index contributed by atoms with van der Waals surface area (Å²) in [7, 11) is 0. The van der Waals surface area contributed by atoms with Gasteiger partial charge in [0.25, 0.3) is 0 Å². The highest BCUT2D eigenvalue weighted by molar-refractivity contribution is 4.71. The van der Waals surface area contributed by atoms with Crippen molar-refractivity contribution < 1.29 is 4.74 Å². The van der Waals surface area contributed by atoms with Crippen molar-refractivity contribution in [1.29, 1.82) is 5.26 Å². The standard InChI is InChI=1S/C8H13NO/c9-6-7-10-8-4-2-1-3-5-8/h8H,1-5,7H2. The zero-order chi connectivity index (χ0) is 7.23. The van der Waals surface area contributed by atoms with Crippen LogP contribution in [-0.2, 0) is 4.74 Å². The molecule has 56 valence electrons. The predicted molar refractivity (Wildman–Crippen MR) is 38.4 cm³/mol. The van der Waals surface area contributed by atoms with Gasteiger partial charge in [0.1, 0.15) is 6.61 Å². The number of hydrogen-bond acceptors (Lipinski definition) is 2. The van der Waals surface area contributed by atoms with Gasteiger partial charge < -0.3 is 4.74 Å². The fourth-order valence-corrected chi connectivity index (χ4v) is 1.39. The van der Waals surface area contributed by atoms with E-state index in [1.807, 2.05) is 6.07 Å². The van der Waals surface area contributed by atoms with Crippen molar-refractivity contribution in [3.05, 3.63) is 0 Å². The third-order valence-corrected chi connectivity index (χ3v) is 1.94. The van der Waals surface area contributed by atoms with Gasteiger partial charge in [0.15, 0.2) is 0 Å². The van der Waals surface area contributed by atoms with E-state index in [4.69, 9.17) is 10.00 Å². The lowest BCUT2D eigenvalue weighted by Gasteiger charge is -2.20. The molecule has 0 amide bonds. The Balaban J connectivity index is 2.09. The van der Waals surface area contributed by atoms with Crippen molar-refractivity contribution in [2.24, 2.45) is 0 Å². The van der Waals surface area contributed by atoms with Gasteiger partial charge in [-0.05, 0) is 12.8 Å². The Morgan fingerprint density at radius 3 is 2.60 bits per heavy atom. The average Bonchev–Trinajstić information content (AvgIpc) is 2.03. The summed E-state index contributed by atoms with van der Waals surface area (Å²) in [6.07, 6.45) is 6.58. The van der Waals surface area contributed by atoms with E-state index in [0.717, 1.165) is 12.8 Å². The molecule has 2 nitrogen and oxygen atoms in total. The van der Waals surface area contributed by atoms with Gasteiger partial charge in [-0.3, -0.25) is 0 Å². The second kappa shape index (κ2) is 4.29. The Bertz CT molecular complexity index is 122. The third kappa shape index (κ3) is 2.36. The summed E-state index contributed by atoms with van der Waals surface area (Å²) in [6, 6.07) is 1.99. The molecule has 1 aliphatic rings. The van der Waals surface area contributed by atoms with Crippen molar-refractivity contribution in [2.45, 2.75) is 38.2 Å². The minimum Gasteiger partial charge on any atom is -0.363 e. The molecule has 10 heavy (non-hydrogen) atoms. The van der Waals surface area contributed by atoms with Gasteiger partial charge in [-0.2, -0.15) is 5.26 Å². The Morgan fingerprint density at radius 2 is 2.00 bits per heavy atom. The van der Waals surface area contributed by atoms with Crippen LogP contribution in [0.1, 0.15) is 32.1 Å². The van der Waals surface area contributed by atoms with Crippen LogP contribution < -0.4 is 0 Å². The summed E-state index contributed by atoms with van der Waals surface area (Å²) in [5.74, 6) is 0. The van der Waals surface area contributed by atoms with Crippen molar-refractivity contribution in [2.75, 3.05) is 6.61 Å². The maximum atomic E-state index is 8.22. The van der Waals surface area contributed by atoms with Gasteiger partial charge in [0.2, 0.25) is 0 Å². The van der Waals surface area contributed by atoms with Crippen LogP contribution in [-0.4, -0.2) is 12.7 Å². The molecular weight excluding hydrogens is 126 g/mol. The molecule has 0 aliphatic heterocycles. The van der Waals surface area contributed by atoms with Crippen molar-refractivity contribution in [3.8, 4) is 6.07 Å². The van der Waals surface area contributed by atoms with Crippen LogP contribution in [0.25, 0.3) is 0 Å². The molecular formula is C8H13NO. The largest absolute Gasteiger partial charge is 0.363 e. The molecule has 1 rings (SSSR count). The topological polar surface area (TPSA) is 33.0 Å². The first-order chi connectivity index (χ1) is 4.93. The van der Waals surface area contributed by atoms with Gasteiger partial charge in [0, 0.05) is 0 Å². The fourth-order valence-electron chi connectivity index (χ4n) is 1.39. The lowest BCUT2D eigenvalue weighted by molar-refractivity contribution is 0.0490. The van der Waals surface area contributed by atoms with Crippen LogP contribution in [0.3, 0.4) is 0 Å². The number of nitrogens with zero attached hydrogens (tertiary/aromatic N) is 1. The average molecular weight is 139 g/mol. The van der Waals surface area contributed by atoms with Gasteiger partial charge in [-0.15, -0.1) is 0 Å². The molecule has 0 bridgehead atoms. The zero-order valence-corrected chi connectivity index (χ0v) is 6.18. The number of ether oxygens (including phenoxy) is 1. The number of rotatable bonds is 2. The van der Waals surface area contributed by atoms with Crippen LogP contribution in [0.15, 0.2) is 0 Å². The second-order valence-corrected chi connectivity index (χ2v) is 2.73. The smallest absolute Gasteiger partial charge is 0.134 e. The van der Waals surface area contributed by atoms with E-state index in [2.05, 4.69) is 0 Å². The molecule has 0 saturated heterocycles. The SMILES string of the molecule is N#CCOC1CCCCC1. The molecule has 1 fully saturated rings. The first-order valence-corrected chi connectivity index (χ1v) is 3.92. The first-order valence-electron chi connectivity index (χ1n) is 3.92. The molecule has 1 aliphatic carbocycles. The van der Waals surface area contributed by atoms with Crippen LogP contribution >= 0.6 is 0 Å². The molecule has 0 aromatic carbocycles. The molecule has 0 radical (unpaired) electrons. The molecule has 0 aromatic heterocycles. The van der Waals surface area contributed by atoms with Crippen LogP contribution in [0.2, 0.25) is 0 Å². The molecule has 1 saturated carbocycles.